The lowest BCUT2D eigenvalue weighted by molar-refractivity contribution is -0.139. The van der Waals surface area contributed by atoms with Gasteiger partial charge >= 0.3 is 0 Å². The molecule has 20 unspecified atom stereocenters. The number of aliphatic hydroxyl groups is 1. The smallest absolute Gasteiger partial charge is 0.133 e. The molecular weight excluding hydrogens is 1480 g/mol. The second kappa shape index (κ2) is 37.4. The first-order valence-corrected chi connectivity index (χ1v) is 54.7. The largest absolute Gasteiger partial charge is 0.393 e. The third kappa shape index (κ3) is 16.9. The molecule has 0 saturated heterocycles. The molecular formula is C114H189N3O4. The van der Waals surface area contributed by atoms with E-state index < -0.39 is 0 Å². The van der Waals surface area contributed by atoms with Crippen LogP contribution in [0.4, 0.5) is 0 Å². The maximum absolute atomic E-state index is 11.9. The molecule has 0 spiro atoms. The van der Waals surface area contributed by atoms with Crippen molar-refractivity contribution in [1.29, 1.82) is 0 Å². The van der Waals surface area contributed by atoms with Gasteiger partial charge in [-0.05, 0) is 473 Å². The third-order valence-corrected chi connectivity index (χ3v) is 47.4. The fraction of sp³-hybridized carbons (Fsp3) is 0.947. The summed E-state index contributed by atoms with van der Waals surface area (Å²) in [6.07, 6.45) is 84.8. The highest BCUT2D eigenvalue weighted by Gasteiger charge is 2.66. The maximum atomic E-state index is 11.9. The molecule has 35 atom stereocenters. The van der Waals surface area contributed by atoms with Crippen molar-refractivity contribution in [3.05, 3.63) is 33.7 Å². The standard InChI is InChI=1S/C31H55N3.2C21H34O.C21H32O.C20H34O/c1-4-5-6-7-8-9-10-11-12-13-14-24-16-18-28-27-17-15-25-23-26(33-34-32)19-21-31(25,3)29(27)20-22-30(24,28)2;3*1-4-14-6-8-18-17-7-5-15-13-16(22)9-11-21(15,3)19(17)10-12-20(14,18)2;1-19-10-4-5-17(19)16-7-6-14-13-15(21-3)8-12-20(14,2)18(16)9-11-19/h24-29H,4-23H2,1-3H3;14-15,17-19H,4-13H2,1-3H3;4,15-19,22H,5-13H2,1-3H3;4,15,17-19H,5-13H2,1-3H3;14-18H,4-13H2,1-3H3/b;;2*14-4-;/t24-,25?,26+,27?,28?,29?,30+,31-;14-,15?,17?,18?,19?,20+,21-;15?,16-,17?,18?,19?,20+,21-;15?,17?,18?,19?,20-,21+;14?,15-,16?,17?,18?,19+,20+/m00011/s1. The van der Waals surface area contributed by atoms with E-state index in [0.29, 0.717) is 83.7 Å². The molecule has 20 aliphatic rings. The number of ketones is 2. The van der Waals surface area contributed by atoms with E-state index in [1.165, 1.54) is 315 Å². The summed E-state index contributed by atoms with van der Waals surface area (Å²) in [6, 6.07) is 0.269. The number of Topliss-reactive ketones (excluding diaryl/α,β-unsaturated/α-hetero) is 2. The van der Waals surface area contributed by atoms with E-state index in [4.69, 9.17) is 10.3 Å². The van der Waals surface area contributed by atoms with Crippen molar-refractivity contribution in [3.63, 3.8) is 0 Å². The first-order valence-electron chi connectivity index (χ1n) is 54.7. The number of aliphatic hydroxyl groups excluding tert-OH is 1. The monoisotopic (exact) mass is 1660 g/mol. The third-order valence-electron chi connectivity index (χ3n) is 47.4. The molecule has 0 aliphatic heterocycles. The van der Waals surface area contributed by atoms with Crippen LogP contribution >= 0.6 is 0 Å². The molecule has 7 nitrogen and oxygen atoms in total. The van der Waals surface area contributed by atoms with Crippen LogP contribution in [-0.2, 0) is 14.3 Å². The number of azide groups is 1. The van der Waals surface area contributed by atoms with Gasteiger partial charge in [-0.2, -0.15) is 0 Å². The molecule has 0 radical (unpaired) electrons. The van der Waals surface area contributed by atoms with Crippen molar-refractivity contribution >= 4 is 11.6 Å². The zero-order valence-electron chi connectivity index (χ0n) is 81.6. The molecule has 20 saturated carbocycles. The van der Waals surface area contributed by atoms with E-state index >= 15 is 0 Å². The van der Waals surface area contributed by atoms with Gasteiger partial charge < -0.3 is 9.84 Å². The van der Waals surface area contributed by atoms with Crippen molar-refractivity contribution < 1.29 is 19.4 Å². The van der Waals surface area contributed by atoms with Crippen LogP contribution in [-0.4, -0.2) is 42.0 Å². The summed E-state index contributed by atoms with van der Waals surface area (Å²) >= 11 is 0. The fourth-order valence-corrected chi connectivity index (χ4v) is 40.0. The first-order chi connectivity index (χ1) is 58.1. The summed E-state index contributed by atoms with van der Waals surface area (Å²) < 4.78 is 5.71. The van der Waals surface area contributed by atoms with Gasteiger partial charge in [-0.3, -0.25) is 9.59 Å². The summed E-state index contributed by atoms with van der Waals surface area (Å²) in [5, 5.41) is 14.2. The molecule has 0 aromatic heterocycles. The van der Waals surface area contributed by atoms with E-state index in [1.54, 1.807) is 17.6 Å². The highest BCUT2D eigenvalue weighted by Crippen LogP contribution is 2.74. The SMILES string of the molecule is C/C=C1/CCC2C3CCC4CC(=O)CC[C@]4(C)C3CC[C@]12C.C/C=C1/CCC2C3CCC4C[C@@H](O)CC[C@]4(C)C3CC[C@]12C.CCCCCCCCCCCC[C@H]1CCC2C3CCC4C[C@H](N=[N+]=[N-])CC[C@]4(C)C3CC[C@@]21C.CC[C@H]1CCC2C3CCC4CC(=O)CC[C@]4(C)C3CC[C@@]21C.CO[C@@H]1CC[C@@]2(C)C(CCC3C4CCC[C@@]4(C)CCC32)C1. The van der Waals surface area contributed by atoms with Crippen molar-refractivity contribution in [2.75, 3.05) is 7.11 Å². The average molecular weight is 1670 g/mol. The van der Waals surface area contributed by atoms with Gasteiger partial charge in [0.15, 0.2) is 0 Å². The normalized spacial score (nSPS) is 51.2. The molecule has 20 rings (SSSR count). The van der Waals surface area contributed by atoms with Gasteiger partial charge in [0.25, 0.3) is 0 Å². The molecule has 0 amide bonds. The van der Waals surface area contributed by atoms with E-state index in [1.807, 2.05) is 7.11 Å². The molecule has 7 heteroatoms. The molecule has 0 aromatic rings. The number of methoxy groups -OCH3 is 1. The molecule has 1 N–H and O–H groups in total. The zero-order valence-corrected chi connectivity index (χ0v) is 81.6. The quantitative estimate of drug-likeness (QED) is 0.0614. The van der Waals surface area contributed by atoms with Crippen LogP contribution in [0.2, 0.25) is 0 Å². The van der Waals surface area contributed by atoms with Crippen molar-refractivity contribution in [3.8, 4) is 0 Å². The number of hydrogen-bond acceptors (Lipinski definition) is 5. The summed E-state index contributed by atoms with van der Waals surface area (Å²) in [7, 11) is 1.92. The number of rotatable bonds is 14. The van der Waals surface area contributed by atoms with Crippen LogP contribution in [0.15, 0.2) is 28.4 Å². The minimum atomic E-state index is -0.00964. The van der Waals surface area contributed by atoms with Gasteiger partial charge in [0.1, 0.15) is 11.6 Å². The number of hydrogen-bond donors (Lipinski definition) is 1. The summed E-state index contributed by atoms with van der Waals surface area (Å²) in [4.78, 5) is 27.0. The predicted octanol–water partition coefficient (Wildman–Crippen LogP) is 32.6. The van der Waals surface area contributed by atoms with Crippen molar-refractivity contribution in [2.24, 2.45) is 189 Å². The molecule has 684 valence electrons. The number of carbonyl (C=O) groups is 2. The highest BCUT2D eigenvalue weighted by molar-refractivity contribution is 5.80. The van der Waals surface area contributed by atoms with Gasteiger partial charge in [-0.15, -0.1) is 0 Å². The molecule has 20 fully saturated rings. The number of allylic oxidation sites excluding steroid dienone is 4. The number of nitrogens with zero attached hydrogens (tertiary/aromatic N) is 3. The van der Waals surface area contributed by atoms with Crippen LogP contribution in [0.5, 0.6) is 0 Å². The first kappa shape index (κ1) is 92.3. The molecule has 20 aliphatic carbocycles. The number of carbonyl (C=O) groups excluding carboxylic acids is 2. The van der Waals surface area contributed by atoms with Crippen LogP contribution in [0, 0.1) is 184 Å². The summed E-state index contributed by atoms with van der Waals surface area (Å²) in [5.41, 5.74) is 18.1. The maximum Gasteiger partial charge on any atom is 0.133 e. The summed E-state index contributed by atoms with van der Waals surface area (Å²) in [5.74, 6) is 21.6. The minimum absolute atomic E-state index is 0.00964. The molecule has 0 bridgehead atoms. The van der Waals surface area contributed by atoms with Crippen molar-refractivity contribution in [2.45, 2.75) is 488 Å². The second-order valence-electron chi connectivity index (χ2n) is 51.2. The highest BCUT2D eigenvalue weighted by atomic mass is 16.5. The Hall–Kier alpha value is -1.95. The Labute approximate surface area is 744 Å². The lowest BCUT2D eigenvalue weighted by atomic mass is 9.44. The zero-order chi connectivity index (χ0) is 85.3. The average Bonchev–Trinajstić information content (AvgIpc) is 1.08. The van der Waals surface area contributed by atoms with Crippen LogP contribution in [0.25, 0.3) is 10.4 Å². The Bertz CT molecular complexity index is 3620. The minimum Gasteiger partial charge on any atom is -0.393 e. The van der Waals surface area contributed by atoms with E-state index in [2.05, 4.69) is 119 Å². The van der Waals surface area contributed by atoms with E-state index in [9.17, 15) is 14.7 Å². The molecule has 121 heavy (non-hydrogen) atoms. The lowest BCUT2D eigenvalue weighted by Gasteiger charge is -2.61. The van der Waals surface area contributed by atoms with Gasteiger partial charge in [0, 0.05) is 43.7 Å². The number of unbranched alkanes of at least 4 members (excludes halogenated alkanes) is 9. The Morgan fingerprint density at radius 3 is 1.28 bits per heavy atom. The van der Waals surface area contributed by atoms with Crippen LogP contribution in [0.1, 0.15) is 469 Å². The van der Waals surface area contributed by atoms with Gasteiger partial charge in [-0.25, -0.2) is 0 Å². The van der Waals surface area contributed by atoms with E-state index in [-0.39, 0.29) is 12.1 Å². The van der Waals surface area contributed by atoms with Gasteiger partial charge in [-0.1, -0.05) is 189 Å². The Kier molecular flexibility index (Phi) is 28.5. The predicted molar refractivity (Wildman–Crippen MR) is 504 cm³/mol. The second-order valence-corrected chi connectivity index (χ2v) is 51.2. The molecule has 0 aromatic carbocycles. The lowest BCUT2D eigenvalue weighted by Crippen LogP contribution is -2.53. The van der Waals surface area contributed by atoms with Crippen LogP contribution < -0.4 is 0 Å². The Morgan fingerprint density at radius 2 is 0.785 bits per heavy atom. The number of ether oxygens (including phenoxy) is 1. The topological polar surface area (TPSA) is 112 Å². The number of fused-ring (bicyclic) bond motifs is 25. The summed E-state index contributed by atoms with van der Waals surface area (Å²) in [6.45, 7) is 35.4. The Balaban J connectivity index is 0.000000114. The van der Waals surface area contributed by atoms with Gasteiger partial charge in [0.2, 0.25) is 0 Å². The van der Waals surface area contributed by atoms with Gasteiger partial charge in [0.05, 0.1) is 12.2 Å². The van der Waals surface area contributed by atoms with Crippen molar-refractivity contribution in [1.82, 2.24) is 0 Å². The Morgan fingerprint density at radius 1 is 0.380 bits per heavy atom. The fourth-order valence-electron chi connectivity index (χ4n) is 40.0. The van der Waals surface area contributed by atoms with E-state index in [0.717, 1.165) is 170 Å². The van der Waals surface area contributed by atoms with Crippen LogP contribution in [0.3, 0.4) is 0 Å². The molecule has 0 heterocycles.